The number of aryl methyl sites for hydroxylation is 1. The van der Waals surface area contributed by atoms with Crippen molar-refractivity contribution < 1.29 is 24.2 Å². The number of anilines is 3. The highest BCUT2D eigenvalue weighted by Gasteiger charge is 2.35. The van der Waals surface area contributed by atoms with Crippen LogP contribution in [0.2, 0.25) is 0 Å². The molecule has 0 saturated carbocycles. The van der Waals surface area contributed by atoms with Crippen LogP contribution in [0.15, 0.2) is 103 Å². The molecule has 8 rings (SSSR count). The molecule has 1 N–H and O–H groups in total. The van der Waals surface area contributed by atoms with Gasteiger partial charge in [-0.1, -0.05) is 54.1 Å². The van der Waals surface area contributed by atoms with E-state index >= 15 is 0 Å². The molecule has 0 unspecified atom stereocenters. The first-order chi connectivity index (χ1) is 24.4. The number of nitrogens with zero attached hydrogens (tertiary/aromatic N) is 2. The third-order valence-electron chi connectivity index (χ3n) is 9.05. The van der Waals surface area contributed by atoms with Gasteiger partial charge in [0.1, 0.15) is 18.4 Å². The van der Waals surface area contributed by atoms with Crippen molar-refractivity contribution in [3.8, 4) is 42.0 Å². The molecular weight excluding hydrogens is 624 g/mol. The van der Waals surface area contributed by atoms with Crippen LogP contribution in [0.5, 0.6) is 5.75 Å². The smallest absolute Gasteiger partial charge is 0.323 e. The Bertz CT molecular complexity index is 2680. The Balaban J connectivity index is 1.33. The van der Waals surface area contributed by atoms with E-state index in [1.165, 1.54) is 0 Å². The molecule has 0 spiro atoms. The molecule has 236 valence electrons. The summed E-state index contributed by atoms with van der Waals surface area (Å²) in [7, 11) is 0. The van der Waals surface area contributed by atoms with Crippen molar-refractivity contribution in [1.82, 2.24) is 4.90 Å². The largest absolute Gasteiger partial charge is 0.480 e. The number of rotatable bonds is 6. The maximum atomic E-state index is 13.4. The van der Waals surface area contributed by atoms with Crippen molar-refractivity contribution in [2.45, 2.75) is 6.92 Å². The molecule has 0 aromatic heterocycles. The Morgan fingerprint density at radius 1 is 0.700 bits per heavy atom. The second kappa shape index (κ2) is 11.8. The zero-order valence-corrected chi connectivity index (χ0v) is 26.6. The predicted molar refractivity (Wildman–Crippen MR) is 195 cm³/mol. The van der Waals surface area contributed by atoms with E-state index in [1.807, 2.05) is 42.5 Å². The van der Waals surface area contributed by atoms with Crippen LogP contribution < -0.4 is 9.64 Å². The molecule has 0 atom stereocenters. The number of aliphatic carboxylic acids is 1. The fraction of sp³-hybridized carbons (Fsp3) is 0.0465. The van der Waals surface area contributed by atoms with Gasteiger partial charge in [0.2, 0.25) is 0 Å². The van der Waals surface area contributed by atoms with Crippen molar-refractivity contribution in [1.29, 1.82) is 0 Å². The summed E-state index contributed by atoms with van der Waals surface area (Å²) < 4.78 is 5.54. The van der Waals surface area contributed by atoms with Crippen LogP contribution in [0.4, 0.5) is 17.1 Å². The van der Waals surface area contributed by atoms with Crippen LogP contribution in [-0.2, 0) is 4.79 Å². The molecule has 7 nitrogen and oxygen atoms in total. The Morgan fingerprint density at radius 2 is 1.28 bits per heavy atom. The van der Waals surface area contributed by atoms with Gasteiger partial charge in [-0.2, -0.15) is 0 Å². The fourth-order valence-electron chi connectivity index (χ4n) is 6.96. The van der Waals surface area contributed by atoms with Gasteiger partial charge in [0, 0.05) is 45.1 Å². The van der Waals surface area contributed by atoms with Crippen molar-refractivity contribution >= 4 is 77.9 Å². The quantitative estimate of drug-likeness (QED) is 0.0848. The number of carboxylic acids is 1. The van der Waals surface area contributed by atoms with Gasteiger partial charge in [0.25, 0.3) is 11.8 Å². The molecule has 7 aromatic rings. The van der Waals surface area contributed by atoms with Crippen molar-refractivity contribution in [2.75, 3.05) is 11.4 Å². The van der Waals surface area contributed by atoms with E-state index in [0.29, 0.717) is 22.3 Å². The molecule has 0 bridgehead atoms. The second-order valence-corrected chi connectivity index (χ2v) is 11.9. The summed E-state index contributed by atoms with van der Waals surface area (Å²) in [4.78, 5) is 41.4. The highest BCUT2D eigenvalue weighted by Crippen LogP contribution is 2.47. The predicted octanol–water partition coefficient (Wildman–Crippen LogP) is 8.17. The molecule has 0 fully saturated rings. The third kappa shape index (κ3) is 4.72. The number of ether oxygens (including phenoxy) is 1. The number of imide groups is 1. The Kier molecular flexibility index (Phi) is 7.08. The van der Waals surface area contributed by atoms with Crippen LogP contribution in [0.3, 0.4) is 0 Å². The van der Waals surface area contributed by atoms with Crippen molar-refractivity contribution in [3.05, 3.63) is 120 Å². The minimum atomic E-state index is -1.25. The van der Waals surface area contributed by atoms with Gasteiger partial charge < -0.3 is 14.7 Å². The number of fused-ring (bicyclic) bond motifs is 2. The van der Waals surface area contributed by atoms with E-state index in [0.717, 1.165) is 65.2 Å². The number of benzene rings is 7. The summed E-state index contributed by atoms with van der Waals surface area (Å²) in [6.45, 7) is 1.35. The molecule has 1 aliphatic heterocycles. The molecule has 0 aliphatic carbocycles. The van der Waals surface area contributed by atoms with Crippen LogP contribution in [-0.4, -0.2) is 34.3 Å². The monoisotopic (exact) mass is 648 g/mol. The molecule has 0 saturated heterocycles. The third-order valence-corrected chi connectivity index (χ3v) is 9.05. The van der Waals surface area contributed by atoms with Crippen LogP contribution in [0, 0.1) is 43.1 Å². The molecular formula is C43H24N2O5. The summed E-state index contributed by atoms with van der Waals surface area (Å²) in [6.07, 6.45) is 7.69. The van der Waals surface area contributed by atoms with Crippen molar-refractivity contribution in [2.24, 2.45) is 0 Å². The zero-order valence-electron chi connectivity index (χ0n) is 26.6. The Labute approximate surface area is 286 Å². The Morgan fingerprint density at radius 3 is 1.92 bits per heavy atom. The molecule has 0 radical (unpaired) electrons. The van der Waals surface area contributed by atoms with Gasteiger partial charge in [0.15, 0.2) is 0 Å². The lowest BCUT2D eigenvalue weighted by Gasteiger charge is -2.29. The van der Waals surface area contributed by atoms with Gasteiger partial charge in [-0.3, -0.25) is 19.3 Å². The number of hydrogen-bond acceptors (Lipinski definition) is 5. The molecule has 7 aromatic carbocycles. The average Bonchev–Trinajstić information content (AvgIpc) is 3.13. The first-order valence-corrected chi connectivity index (χ1v) is 15.7. The molecule has 1 aliphatic rings. The molecule has 50 heavy (non-hydrogen) atoms. The van der Waals surface area contributed by atoms with Gasteiger partial charge >= 0.3 is 5.97 Å². The van der Waals surface area contributed by atoms with Crippen LogP contribution >= 0.6 is 0 Å². The van der Waals surface area contributed by atoms with E-state index in [1.54, 1.807) is 12.1 Å². The number of amides is 2. The van der Waals surface area contributed by atoms with Gasteiger partial charge in [-0.25, -0.2) is 0 Å². The number of carbonyl (C=O) groups is 3. The Hall–Kier alpha value is -7.27. The summed E-state index contributed by atoms with van der Waals surface area (Å²) in [5.74, 6) is 7.82. The summed E-state index contributed by atoms with van der Waals surface area (Å²) >= 11 is 0. The number of carbonyl (C=O) groups excluding carboxylic acids is 2. The standard InChI is InChI=1S/C43H24N2O5/c1-3-4-5-6-24-50-29-16-14-28(15-17-29)45(27-12-10-26(2)11-13-27)37-23-22-31-33-19-21-36-41-35(42(48)44(43(36)49)25-38(46)47)20-18-32(40(33)41)30-8-7-9-34(37)39(30)31/h1,7-23H,25H2,2H3,(H,46,47). The number of carboxylic acid groups (broad SMARTS) is 1. The first-order valence-electron chi connectivity index (χ1n) is 15.7. The average molecular weight is 649 g/mol. The maximum Gasteiger partial charge on any atom is 0.323 e. The first kappa shape index (κ1) is 30.1. The van der Waals surface area contributed by atoms with Crippen LogP contribution in [0.1, 0.15) is 26.3 Å². The molecule has 7 heteroatoms. The highest BCUT2D eigenvalue weighted by molar-refractivity contribution is 6.39. The van der Waals surface area contributed by atoms with E-state index in [2.05, 4.69) is 90.1 Å². The second-order valence-electron chi connectivity index (χ2n) is 11.9. The lowest BCUT2D eigenvalue weighted by atomic mass is 9.84. The molecule has 1 heterocycles. The summed E-state index contributed by atoms with van der Waals surface area (Å²) in [5, 5.41) is 16.6. The summed E-state index contributed by atoms with van der Waals surface area (Å²) in [5.41, 5.74) is 4.60. The van der Waals surface area contributed by atoms with E-state index < -0.39 is 24.3 Å². The summed E-state index contributed by atoms with van der Waals surface area (Å²) in [6, 6.07) is 33.5. The van der Waals surface area contributed by atoms with E-state index in [-0.39, 0.29) is 0 Å². The van der Waals surface area contributed by atoms with Gasteiger partial charge in [-0.05, 0) is 106 Å². The lowest BCUT2D eigenvalue weighted by molar-refractivity contribution is -0.137. The fourth-order valence-corrected chi connectivity index (χ4v) is 6.96. The van der Waals surface area contributed by atoms with E-state index in [9.17, 15) is 19.5 Å². The normalized spacial score (nSPS) is 12.0. The van der Waals surface area contributed by atoms with Gasteiger partial charge in [0.05, 0.1) is 5.69 Å². The van der Waals surface area contributed by atoms with E-state index in [4.69, 9.17) is 11.2 Å². The minimum Gasteiger partial charge on any atom is -0.480 e. The lowest BCUT2D eigenvalue weighted by Crippen LogP contribution is -2.43. The minimum absolute atomic E-state index is 0.318. The number of terminal acetylenes is 1. The van der Waals surface area contributed by atoms with Crippen LogP contribution in [0.25, 0.3) is 43.1 Å². The maximum absolute atomic E-state index is 13.4. The van der Waals surface area contributed by atoms with Crippen molar-refractivity contribution in [3.63, 3.8) is 0 Å². The zero-order chi connectivity index (χ0) is 34.5. The molecule has 2 amide bonds. The topological polar surface area (TPSA) is 87.2 Å². The van der Waals surface area contributed by atoms with Gasteiger partial charge in [-0.15, -0.1) is 6.42 Å². The number of hydrogen-bond donors (Lipinski definition) is 1. The highest BCUT2D eigenvalue weighted by atomic mass is 16.5. The SMILES string of the molecule is C#CC#CC#COc1ccc(N(c2ccc(C)cc2)c2ccc3c4ccc5c6c(ccc(c7cccc2c73)c64)C(=O)N(CC(=O)O)C5=O)cc1.